The first-order chi connectivity index (χ1) is 11.1. The number of guanidine groups is 1. The Labute approximate surface area is 149 Å². The molecule has 134 valence electrons. The van der Waals surface area contributed by atoms with Gasteiger partial charge in [0.1, 0.15) is 0 Å². The van der Waals surface area contributed by atoms with E-state index in [4.69, 9.17) is 17.3 Å². The highest BCUT2D eigenvalue weighted by molar-refractivity contribution is 7.92. The van der Waals surface area contributed by atoms with Gasteiger partial charge in [0.2, 0.25) is 0 Å². The Morgan fingerprint density at radius 1 is 1.21 bits per heavy atom. The van der Waals surface area contributed by atoms with Crippen LogP contribution in [0.15, 0.2) is 29.3 Å². The summed E-state index contributed by atoms with van der Waals surface area (Å²) in [5.41, 5.74) is 7.18. The summed E-state index contributed by atoms with van der Waals surface area (Å²) in [5.74, 6) is 0.405. The van der Waals surface area contributed by atoms with Crippen LogP contribution in [0.3, 0.4) is 0 Å². The third kappa shape index (κ3) is 4.54. The first kappa shape index (κ1) is 18.9. The minimum atomic E-state index is -3.18. The molecular formula is C16H25ClN4O2S. The molecule has 2 N–H and O–H groups in total. The summed E-state index contributed by atoms with van der Waals surface area (Å²) < 4.78 is 22.5. The summed E-state index contributed by atoms with van der Waals surface area (Å²) in [4.78, 5) is 8.56. The van der Waals surface area contributed by atoms with E-state index in [-0.39, 0.29) is 6.54 Å². The zero-order chi connectivity index (χ0) is 18.0. The van der Waals surface area contributed by atoms with E-state index in [1.807, 2.05) is 29.2 Å². The predicted molar refractivity (Wildman–Crippen MR) is 101 cm³/mol. The standard InChI is InChI=1S/C16H25ClN4O2S/c1-16(2,24(3,22)23)12-19-15(18)21-10-8-20(9-11-21)14-6-4-13(17)5-7-14/h4-7H,8-12H2,1-3H3,(H2,18,19). The van der Waals surface area contributed by atoms with Gasteiger partial charge >= 0.3 is 0 Å². The second kappa shape index (κ2) is 7.19. The van der Waals surface area contributed by atoms with Gasteiger partial charge in [-0.3, -0.25) is 4.99 Å². The van der Waals surface area contributed by atoms with E-state index in [1.165, 1.54) is 6.26 Å². The molecule has 0 radical (unpaired) electrons. The average Bonchev–Trinajstić information content (AvgIpc) is 2.52. The summed E-state index contributed by atoms with van der Waals surface area (Å²) in [6.45, 7) is 6.64. The minimum absolute atomic E-state index is 0.162. The van der Waals surface area contributed by atoms with E-state index in [0.717, 1.165) is 36.9 Å². The largest absolute Gasteiger partial charge is 0.370 e. The van der Waals surface area contributed by atoms with Crippen molar-refractivity contribution in [2.45, 2.75) is 18.6 Å². The third-order valence-electron chi connectivity index (χ3n) is 4.42. The molecule has 6 nitrogen and oxygen atoms in total. The Hall–Kier alpha value is -1.47. The molecule has 1 saturated heterocycles. The van der Waals surface area contributed by atoms with Crippen LogP contribution < -0.4 is 10.6 Å². The molecule has 0 aliphatic carbocycles. The lowest BCUT2D eigenvalue weighted by Crippen LogP contribution is -2.51. The number of aliphatic imine (C=N–C) groups is 1. The molecular weight excluding hydrogens is 348 g/mol. The molecule has 1 aromatic rings. The fraction of sp³-hybridized carbons (Fsp3) is 0.562. The van der Waals surface area contributed by atoms with Crippen LogP contribution in [0.2, 0.25) is 5.02 Å². The summed E-state index contributed by atoms with van der Waals surface area (Å²) in [7, 11) is -3.18. The Bertz CT molecular complexity index is 693. The molecule has 1 fully saturated rings. The maximum Gasteiger partial charge on any atom is 0.191 e. The van der Waals surface area contributed by atoms with E-state index in [9.17, 15) is 8.42 Å². The first-order valence-corrected chi connectivity index (χ1v) is 10.1. The Morgan fingerprint density at radius 2 is 1.75 bits per heavy atom. The summed E-state index contributed by atoms with van der Waals surface area (Å²) in [6.07, 6.45) is 1.23. The second-order valence-corrected chi connectivity index (χ2v) is 9.74. The molecule has 2 rings (SSSR count). The lowest BCUT2D eigenvalue weighted by Gasteiger charge is -2.36. The Balaban J connectivity index is 1.94. The average molecular weight is 373 g/mol. The van der Waals surface area contributed by atoms with Crippen LogP contribution in [0.4, 0.5) is 5.69 Å². The van der Waals surface area contributed by atoms with Gasteiger partial charge in [0.25, 0.3) is 0 Å². The minimum Gasteiger partial charge on any atom is -0.370 e. The van der Waals surface area contributed by atoms with Crippen molar-refractivity contribution in [1.82, 2.24) is 4.90 Å². The molecule has 1 aromatic carbocycles. The van der Waals surface area contributed by atoms with Crippen molar-refractivity contribution in [3.8, 4) is 0 Å². The van der Waals surface area contributed by atoms with E-state index < -0.39 is 14.6 Å². The van der Waals surface area contributed by atoms with E-state index in [0.29, 0.717) is 5.96 Å². The van der Waals surface area contributed by atoms with Gasteiger partial charge in [0, 0.05) is 43.1 Å². The van der Waals surface area contributed by atoms with Gasteiger partial charge in [-0.1, -0.05) is 11.6 Å². The van der Waals surface area contributed by atoms with Gasteiger partial charge < -0.3 is 15.5 Å². The SMILES string of the molecule is CC(C)(CN=C(N)N1CCN(c2ccc(Cl)cc2)CC1)S(C)(=O)=O. The van der Waals surface area contributed by atoms with Crippen molar-refractivity contribution < 1.29 is 8.42 Å². The summed E-state index contributed by atoms with van der Waals surface area (Å²) >= 11 is 5.92. The molecule has 0 spiro atoms. The van der Waals surface area contributed by atoms with Crippen molar-refractivity contribution >= 4 is 33.1 Å². The Morgan fingerprint density at radius 3 is 2.25 bits per heavy atom. The number of halogens is 1. The zero-order valence-electron chi connectivity index (χ0n) is 14.4. The summed E-state index contributed by atoms with van der Waals surface area (Å²) in [6, 6.07) is 7.77. The van der Waals surface area contributed by atoms with Crippen LogP contribution >= 0.6 is 11.6 Å². The second-order valence-electron chi connectivity index (χ2n) is 6.66. The monoisotopic (exact) mass is 372 g/mol. The van der Waals surface area contributed by atoms with Gasteiger partial charge in [-0.2, -0.15) is 0 Å². The van der Waals surface area contributed by atoms with Crippen LogP contribution in [-0.2, 0) is 9.84 Å². The van der Waals surface area contributed by atoms with Crippen LogP contribution in [0.5, 0.6) is 0 Å². The molecule has 0 aromatic heterocycles. The number of nitrogens with zero attached hydrogens (tertiary/aromatic N) is 3. The molecule has 8 heteroatoms. The first-order valence-electron chi connectivity index (χ1n) is 7.85. The normalized spacial score (nSPS) is 17.2. The number of sulfone groups is 1. The lowest BCUT2D eigenvalue weighted by molar-refractivity contribution is 0.380. The number of piperazine rings is 1. The number of hydrogen-bond donors (Lipinski definition) is 1. The fourth-order valence-electron chi connectivity index (χ4n) is 2.33. The maximum absolute atomic E-state index is 11.7. The van der Waals surface area contributed by atoms with Gasteiger partial charge in [0.15, 0.2) is 15.8 Å². The molecule has 0 saturated carbocycles. The topological polar surface area (TPSA) is 79.0 Å². The molecule has 1 aliphatic rings. The third-order valence-corrected chi connectivity index (χ3v) is 6.81. The van der Waals surface area contributed by atoms with Crippen LogP contribution in [0, 0.1) is 0 Å². The highest BCUT2D eigenvalue weighted by atomic mass is 35.5. The Kier molecular flexibility index (Phi) is 5.65. The van der Waals surface area contributed by atoms with Crippen molar-refractivity contribution in [2.24, 2.45) is 10.7 Å². The number of hydrogen-bond acceptors (Lipinski definition) is 4. The van der Waals surface area contributed by atoms with Crippen LogP contribution in [0.1, 0.15) is 13.8 Å². The highest BCUT2D eigenvalue weighted by Gasteiger charge is 2.30. The van der Waals surface area contributed by atoms with E-state index in [1.54, 1.807) is 13.8 Å². The fourth-order valence-corrected chi connectivity index (χ4v) is 2.76. The number of rotatable bonds is 4. The van der Waals surface area contributed by atoms with E-state index in [2.05, 4.69) is 9.89 Å². The van der Waals surface area contributed by atoms with Crippen molar-refractivity contribution in [3.63, 3.8) is 0 Å². The molecule has 1 aliphatic heterocycles. The van der Waals surface area contributed by atoms with Crippen LogP contribution in [0.25, 0.3) is 0 Å². The molecule has 24 heavy (non-hydrogen) atoms. The number of anilines is 1. The highest BCUT2D eigenvalue weighted by Crippen LogP contribution is 2.20. The number of benzene rings is 1. The summed E-state index contributed by atoms with van der Waals surface area (Å²) in [5, 5.41) is 0.724. The zero-order valence-corrected chi connectivity index (χ0v) is 15.9. The van der Waals surface area contributed by atoms with Gasteiger partial charge in [-0.25, -0.2) is 8.42 Å². The molecule has 1 heterocycles. The van der Waals surface area contributed by atoms with Gasteiger partial charge in [-0.15, -0.1) is 0 Å². The number of nitrogens with two attached hydrogens (primary N) is 1. The predicted octanol–water partition coefficient (Wildman–Crippen LogP) is 1.60. The quantitative estimate of drug-likeness (QED) is 0.641. The molecule has 0 unspecified atom stereocenters. The molecule has 0 bridgehead atoms. The van der Waals surface area contributed by atoms with Gasteiger partial charge in [0.05, 0.1) is 11.3 Å². The van der Waals surface area contributed by atoms with Crippen molar-refractivity contribution in [1.29, 1.82) is 0 Å². The molecule has 0 amide bonds. The van der Waals surface area contributed by atoms with Crippen molar-refractivity contribution in [2.75, 3.05) is 43.9 Å². The smallest absolute Gasteiger partial charge is 0.191 e. The van der Waals surface area contributed by atoms with Crippen LogP contribution in [-0.4, -0.2) is 63.0 Å². The molecule has 0 atom stereocenters. The maximum atomic E-state index is 11.7. The van der Waals surface area contributed by atoms with E-state index >= 15 is 0 Å². The van der Waals surface area contributed by atoms with Gasteiger partial charge in [-0.05, 0) is 38.1 Å². The van der Waals surface area contributed by atoms with Crippen molar-refractivity contribution in [3.05, 3.63) is 29.3 Å². The lowest BCUT2D eigenvalue weighted by atomic mass is 10.2.